The molecule has 5 rings (SSSR count). The zero-order valence-corrected chi connectivity index (χ0v) is 22.1. The van der Waals surface area contributed by atoms with Gasteiger partial charge in [0, 0.05) is 41.5 Å². The molecule has 2 fully saturated rings. The van der Waals surface area contributed by atoms with Crippen LogP contribution in [-0.4, -0.2) is 117 Å². The smallest absolute Gasteiger partial charge is 0.285 e. The number of carbonyl (C=O) groups excluding carboxylic acids is 3. The number of rotatable bonds is 6. The lowest BCUT2D eigenvalue weighted by Gasteiger charge is -2.53. The first-order valence-electron chi connectivity index (χ1n) is 12.7. The molecule has 12 nitrogen and oxygen atoms in total. The Kier molecular flexibility index (Phi) is 7.47. The summed E-state index contributed by atoms with van der Waals surface area (Å²) in [7, 11) is 23.0. The van der Waals surface area contributed by atoms with Gasteiger partial charge in [0.25, 0.3) is 17.5 Å². The number of benzene rings is 2. The molecule has 1 unspecified atom stereocenters. The van der Waals surface area contributed by atoms with E-state index in [9.17, 15) is 34.8 Å². The largest absolute Gasteiger partial charge is 0.507 e. The van der Waals surface area contributed by atoms with Gasteiger partial charge in [0.1, 0.15) is 39.6 Å². The molecule has 0 aliphatic carbocycles. The Hall–Kier alpha value is -3.36. The predicted octanol–water partition coefficient (Wildman–Crippen LogP) is -4.03. The van der Waals surface area contributed by atoms with Crippen molar-refractivity contribution in [3.63, 3.8) is 0 Å². The maximum atomic E-state index is 15.2. The summed E-state index contributed by atoms with van der Waals surface area (Å²) in [6, 6.07) is 4.06. The molecule has 3 aliphatic rings. The standard InChI is InChI=1S/C25H22B4FN3O9/c26-16-13(8-32-4-6-41-7-5-32)19(34)14(18(30)17(16)27)10-42-15-3-1-2-11-12(15)9-33(20(11)35)24(38)22(37)31-21(36)23(28,29)25(24,39)40/h1-3,34,38-40H,4-10H2,(H,31,36,37). The van der Waals surface area contributed by atoms with Gasteiger partial charge < -0.3 is 29.9 Å². The fourth-order valence-electron chi connectivity index (χ4n) is 5.19. The summed E-state index contributed by atoms with van der Waals surface area (Å²) in [4.78, 5) is 40.3. The fraction of sp³-hybridized carbons (Fsp3) is 0.400. The van der Waals surface area contributed by atoms with Crippen molar-refractivity contribution in [3.8, 4) is 11.5 Å². The average molecular weight is 571 g/mol. The van der Waals surface area contributed by atoms with Gasteiger partial charge in [-0.1, -0.05) is 17.0 Å². The number of amides is 3. The molecule has 2 aromatic rings. The van der Waals surface area contributed by atoms with Crippen LogP contribution in [0.1, 0.15) is 27.0 Å². The number of morpholine rings is 1. The lowest BCUT2D eigenvalue weighted by Crippen LogP contribution is -2.81. The zero-order valence-electron chi connectivity index (χ0n) is 22.1. The van der Waals surface area contributed by atoms with Crippen LogP contribution in [0, 0.1) is 5.82 Å². The number of ether oxygens (including phenoxy) is 2. The normalized spacial score (nSPS) is 23.5. The minimum atomic E-state index is -3.83. The molecular formula is C25H22B4FN3O9. The first-order chi connectivity index (χ1) is 19.6. The second-order valence-electron chi connectivity index (χ2n) is 10.3. The molecule has 8 radical (unpaired) electrons. The number of hydrogen-bond donors (Lipinski definition) is 5. The van der Waals surface area contributed by atoms with Gasteiger partial charge in [-0.2, -0.15) is 0 Å². The number of carbonyl (C=O) groups is 3. The van der Waals surface area contributed by atoms with Crippen LogP contribution in [0.15, 0.2) is 18.2 Å². The number of phenolic OH excluding ortho intramolecular Hbond substituents is 1. The van der Waals surface area contributed by atoms with Gasteiger partial charge in [-0.3, -0.25) is 29.5 Å². The molecule has 5 N–H and O–H groups in total. The molecular weight excluding hydrogens is 549 g/mol. The van der Waals surface area contributed by atoms with Gasteiger partial charge in [-0.05, 0) is 12.1 Å². The first-order valence-corrected chi connectivity index (χ1v) is 12.7. The van der Waals surface area contributed by atoms with Gasteiger partial charge in [-0.15, -0.1) is 0 Å². The Labute approximate surface area is 244 Å². The highest BCUT2D eigenvalue weighted by Gasteiger charge is 2.71. The number of aromatic hydroxyl groups is 1. The van der Waals surface area contributed by atoms with Gasteiger partial charge in [-0.25, -0.2) is 4.39 Å². The van der Waals surface area contributed by atoms with E-state index in [0.29, 0.717) is 31.2 Å². The Balaban J connectivity index is 1.45. The van der Waals surface area contributed by atoms with E-state index in [1.165, 1.54) is 18.2 Å². The summed E-state index contributed by atoms with van der Waals surface area (Å²) in [5, 5.41) is 41.9. The van der Waals surface area contributed by atoms with E-state index < -0.39 is 59.2 Å². The summed E-state index contributed by atoms with van der Waals surface area (Å²) in [5.74, 6) is -9.59. The highest BCUT2D eigenvalue weighted by atomic mass is 19.1. The SMILES string of the molecule is [B]c1c([B])c(CN2CCOCC2)c(O)c(COc2cccc3c2CN(C2(O)C(=O)NC(=O)C([B])([B])C2(O)O)C3=O)c1F. The van der Waals surface area contributed by atoms with Crippen LogP contribution in [0.25, 0.3) is 0 Å². The van der Waals surface area contributed by atoms with Crippen LogP contribution < -0.4 is 21.0 Å². The number of nitrogens with one attached hydrogen (secondary N) is 1. The Morgan fingerprint density at radius 3 is 2.36 bits per heavy atom. The minimum absolute atomic E-state index is 0.0450. The van der Waals surface area contributed by atoms with E-state index in [2.05, 4.69) is 0 Å². The Morgan fingerprint density at radius 1 is 1.02 bits per heavy atom. The second-order valence-corrected chi connectivity index (χ2v) is 10.3. The fourth-order valence-corrected chi connectivity index (χ4v) is 5.19. The quantitative estimate of drug-likeness (QED) is 0.131. The molecule has 3 aliphatic heterocycles. The van der Waals surface area contributed by atoms with E-state index in [0.717, 1.165) is 0 Å². The van der Waals surface area contributed by atoms with Gasteiger partial charge in [0.05, 0.1) is 41.0 Å². The van der Waals surface area contributed by atoms with Crippen molar-refractivity contribution in [2.45, 2.75) is 36.4 Å². The lowest BCUT2D eigenvalue weighted by molar-refractivity contribution is -0.311. The number of aliphatic hydroxyl groups is 3. The van der Waals surface area contributed by atoms with Crippen LogP contribution >= 0.6 is 0 Å². The molecule has 1 atom stereocenters. The third kappa shape index (κ3) is 4.33. The Bertz CT molecular complexity index is 1500. The molecule has 0 bridgehead atoms. The van der Waals surface area contributed by atoms with Crippen LogP contribution in [0.2, 0.25) is 5.21 Å². The van der Waals surface area contributed by atoms with E-state index in [4.69, 9.17) is 40.9 Å². The molecule has 17 heteroatoms. The highest BCUT2D eigenvalue weighted by Crippen LogP contribution is 2.47. The van der Waals surface area contributed by atoms with E-state index in [1.54, 1.807) is 5.32 Å². The van der Waals surface area contributed by atoms with Crippen molar-refractivity contribution in [2.75, 3.05) is 26.3 Å². The third-order valence-corrected chi connectivity index (χ3v) is 7.84. The molecule has 3 amide bonds. The maximum Gasteiger partial charge on any atom is 0.285 e. The van der Waals surface area contributed by atoms with Crippen molar-refractivity contribution >= 4 is 60.0 Å². The molecule has 0 aromatic heterocycles. The number of halogens is 1. The van der Waals surface area contributed by atoms with Gasteiger partial charge in [0.15, 0.2) is 0 Å². The van der Waals surface area contributed by atoms with Crippen molar-refractivity contribution < 1.29 is 48.7 Å². The molecule has 210 valence electrons. The monoisotopic (exact) mass is 571 g/mol. The zero-order chi connectivity index (χ0) is 30.8. The number of hydrogen-bond acceptors (Lipinski definition) is 10. The second kappa shape index (κ2) is 10.4. The number of fused-ring (bicyclic) bond motifs is 1. The number of nitrogens with zero attached hydrogens (tertiary/aromatic N) is 2. The number of phenols is 1. The molecule has 3 heterocycles. The summed E-state index contributed by atoms with van der Waals surface area (Å²) in [6.07, 6.45) is 0. The molecule has 0 saturated carbocycles. The van der Waals surface area contributed by atoms with Crippen LogP contribution in [0.3, 0.4) is 0 Å². The molecule has 2 aromatic carbocycles. The highest BCUT2D eigenvalue weighted by molar-refractivity contribution is 6.53. The maximum absolute atomic E-state index is 15.2. The Morgan fingerprint density at radius 2 is 1.69 bits per heavy atom. The van der Waals surface area contributed by atoms with Crippen molar-refractivity contribution in [1.29, 1.82) is 0 Å². The number of imide groups is 1. The topological polar surface area (TPSA) is 169 Å². The van der Waals surface area contributed by atoms with E-state index >= 15 is 4.39 Å². The summed E-state index contributed by atoms with van der Waals surface area (Å²) in [5.41, 5.74) is -4.21. The van der Waals surface area contributed by atoms with Crippen LogP contribution in [0.5, 0.6) is 11.5 Å². The van der Waals surface area contributed by atoms with Crippen molar-refractivity contribution in [1.82, 2.24) is 15.1 Å². The number of piperidine rings is 1. The average Bonchev–Trinajstić information content (AvgIpc) is 3.30. The van der Waals surface area contributed by atoms with Gasteiger partial charge >= 0.3 is 0 Å². The summed E-state index contributed by atoms with van der Waals surface area (Å²) in [6.45, 7) is 0.989. The van der Waals surface area contributed by atoms with Gasteiger partial charge in [0.2, 0.25) is 11.7 Å². The third-order valence-electron chi connectivity index (χ3n) is 7.84. The predicted molar refractivity (Wildman–Crippen MR) is 145 cm³/mol. The lowest BCUT2D eigenvalue weighted by atomic mass is 9.46. The van der Waals surface area contributed by atoms with Crippen LogP contribution in [-0.2, 0) is 34.0 Å². The van der Waals surface area contributed by atoms with E-state index in [1.807, 2.05) is 4.90 Å². The molecule has 42 heavy (non-hydrogen) atoms. The minimum Gasteiger partial charge on any atom is -0.507 e. The van der Waals surface area contributed by atoms with Crippen molar-refractivity contribution in [3.05, 3.63) is 46.3 Å². The van der Waals surface area contributed by atoms with Crippen molar-refractivity contribution in [2.24, 2.45) is 0 Å². The molecule has 2 saturated heterocycles. The molecule has 0 spiro atoms. The van der Waals surface area contributed by atoms with Crippen LogP contribution in [0.4, 0.5) is 4.39 Å². The van der Waals surface area contributed by atoms with E-state index in [-0.39, 0.29) is 45.5 Å². The summed E-state index contributed by atoms with van der Waals surface area (Å²) < 4.78 is 26.3. The first kappa shape index (κ1) is 30.1. The summed E-state index contributed by atoms with van der Waals surface area (Å²) >= 11 is 0.